The van der Waals surface area contributed by atoms with Crippen molar-refractivity contribution in [1.29, 1.82) is 0 Å². The Balaban J connectivity index is 1.07. The Morgan fingerprint density at radius 2 is 1.63 bits per heavy atom. The maximum atomic E-state index is 14.1. The van der Waals surface area contributed by atoms with E-state index in [1.165, 1.54) is 21.3 Å². The number of likely N-dealkylation sites (N-methyl/N-ethyl adjacent to an activating group) is 1. The van der Waals surface area contributed by atoms with Crippen LogP contribution in [0.25, 0.3) is 0 Å². The first kappa shape index (κ1) is 45.3. The quantitative estimate of drug-likeness (QED) is 0.0788. The number of epoxide rings is 1. The maximum absolute atomic E-state index is 14.1. The molecule has 21 heteroatoms. The predicted molar refractivity (Wildman–Crippen MR) is 207 cm³/mol. The zero-order valence-corrected chi connectivity index (χ0v) is 36.0. The van der Waals surface area contributed by atoms with E-state index < -0.39 is 96.7 Å². The number of rotatable bonds is 15. The normalized spacial score (nSPS) is 40.6. The standard InChI is InChI=1S/C36H55IN2O17S/c1-9-38-16-12-49-19(11-18(16)45-5)52-29-24(41)23(14(3)51-33(29)43)39-56-20-10-17(40)32(15(4)50-20)57-34(44)21-13(2)22(37)27(30(48-8)26(21)46-6)53-35-25(42)28(47-7)31-36(54-31)55-35/h14-20,23-25,28-29,31-33,35-36,38-43H,9-12H2,1-8H3. The van der Waals surface area contributed by atoms with Gasteiger partial charge in [-0.2, -0.15) is 5.48 Å². The SMILES string of the molecule is CCNC1COC(OC2C(O)OC(C)C(NOC3CC(O)C(SC(=O)c4c(C)c(I)c(OC5OC6OC6C(OC)C5O)c(OC)c4OC)C(C)O3)C2O)CC1OC. The molecular formula is C36H55IN2O17S. The number of nitrogens with one attached hydrogen (secondary N) is 2. The van der Waals surface area contributed by atoms with Gasteiger partial charge in [-0.3, -0.25) is 9.63 Å². The molecule has 0 radical (unpaired) electrons. The summed E-state index contributed by atoms with van der Waals surface area (Å²) in [5.41, 5.74) is 3.52. The molecule has 5 fully saturated rings. The molecule has 19 nitrogen and oxygen atoms in total. The molecule has 5 aliphatic heterocycles. The highest BCUT2D eigenvalue weighted by molar-refractivity contribution is 14.1. The predicted octanol–water partition coefficient (Wildman–Crippen LogP) is 0.303. The maximum Gasteiger partial charge on any atom is 0.231 e. The summed E-state index contributed by atoms with van der Waals surface area (Å²) in [6.45, 7) is 8.15. The van der Waals surface area contributed by atoms with Crippen LogP contribution in [-0.2, 0) is 42.7 Å². The van der Waals surface area contributed by atoms with Crippen molar-refractivity contribution in [3.05, 3.63) is 14.7 Å². The largest absolute Gasteiger partial charge is 0.492 e. The first-order valence-corrected chi connectivity index (χ1v) is 20.8. The molecule has 324 valence electrons. The average molecular weight is 947 g/mol. The van der Waals surface area contributed by atoms with Crippen LogP contribution in [0.1, 0.15) is 49.5 Å². The van der Waals surface area contributed by atoms with Crippen molar-refractivity contribution < 1.29 is 82.2 Å². The summed E-state index contributed by atoms with van der Waals surface area (Å²) in [5, 5.41) is 46.4. The molecule has 0 aromatic heterocycles. The minimum absolute atomic E-state index is 0.0221. The van der Waals surface area contributed by atoms with Crippen molar-refractivity contribution >= 4 is 39.5 Å². The van der Waals surface area contributed by atoms with Crippen LogP contribution >= 0.6 is 34.4 Å². The molecule has 17 atom stereocenters. The van der Waals surface area contributed by atoms with Gasteiger partial charge in [0.25, 0.3) is 0 Å². The van der Waals surface area contributed by atoms with Gasteiger partial charge in [0.05, 0.1) is 71.7 Å². The molecule has 6 rings (SSSR count). The number of hydroxylamine groups is 1. The first-order valence-electron chi connectivity index (χ1n) is 18.9. The third kappa shape index (κ3) is 9.64. The Kier molecular flexibility index (Phi) is 15.6. The summed E-state index contributed by atoms with van der Waals surface area (Å²) in [4.78, 5) is 19.9. The van der Waals surface area contributed by atoms with E-state index >= 15 is 0 Å². The van der Waals surface area contributed by atoms with Gasteiger partial charge in [-0.25, -0.2) is 0 Å². The van der Waals surface area contributed by atoms with Crippen LogP contribution in [0.3, 0.4) is 0 Å². The Morgan fingerprint density at radius 3 is 2.28 bits per heavy atom. The molecule has 0 bridgehead atoms. The fraction of sp³-hybridized carbons (Fsp3) is 0.806. The van der Waals surface area contributed by atoms with Crippen molar-refractivity contribution in [3.63, 3.8) is 0 Å². The van der Waals surface area contributed by atoms with Crippen molar-refractivity contribution in [2.75, 3.05) is 41.6 Å². The topological polar surface area (TPSA) is 236 Å². The number of methoxy groups -OCH3 is 4. The molecule has 0 amide bonds. The van der Waals surface area contributed by atoms with E-state index in [1.807, 2.05) is 29.5 Å². The minimum Gasteiger partial charge on any atom is -0.492 e. The highest BCUT2D eigenvalue weighted by Crippen LogP contribution is 2.49. The lowest BCUT2D eigenvalue weighted by Crippen LogP contribution is -2.64. The highest BCUT2D eigenvalue weighted by Gasteiger charge is 2.58. The molecule has 5 saturated heterocycles. The van der Waals surface area contributed by atoms with Gasteiger partial charge in [-0.1, -0.05) is 18.7 Å². The van der Waals surface area contributed by atoms with Crippen LogP contribution < -0.4 is 25.0 Å². The number of hydrogen-bond acceptors (Lipinski definition) is 20. The molecule has 0 aliphatic carbocycles. The van der Waals surface area contributed by atoms with Gasteiger partial charge in [0.15, 0.2) is 36.7 Å². The van der Waals surface area contributed by atoms with E-state index in [0.717, 1.165) is 18.3 Å². The van der Waals surface area contributed by atoms with Gasteiger partial charge in [-0.15, -0.1) is 0 Å². The lowest BCUT2D eigenvalue weighted by Gasteiger charge is -2.44. The number of hydrogen-bond donors (Lipinski definition) is 6. The third-order valence-corrected chi connectivity index (χ3v) is 13.5. The number of ether oxygens (including phenoxy) is 11. The summed E-state index contributed by atoms with van der Waals surface area (Å²) in [5.74, 6) is 0.409. The van der Waals surface area contributed by atoms with Crippen LogP contribution in [0.15, 0.2) is 0 Å². The number of carbonyl (C=O) groups excluding carboxylic acids is 1. The van der Waals surface area contributed by atoms with Crippen LogP contribution in [0.2, 0.25) is 0 Å². The number of thioether (sulfide) groups is 1. The van der Waals surface area contributed by atoms with Crippen LogP contribution in [0, 0.1) is 10.5 Å². The van der Waals surface area contributed by atoms with E-state index in [4.69, 9.17) is 56.9 Å². The van der Waals surface area contributed by atoms with Crippen molar-refractivity contribution in [1.82, 2.24) is 10.8 Å². The molecule has 5 aliphatic rings. The van der Waals surface area contributed by atoms with Crippen molar-refractivity contribution in [2.45, 2.75) is 144 Å². The Bertz CT molecular complexity index is 1520. The fourth-order valence-corrected chi connectivity index (χ4v) is 9.45. The second-order valence-corrected chi connectivity index (χ2v) is 16.7. The molecule has 1 aromatic rings. The van der Waals surface area contributed by atoms with Gasteiger partial charge in [0.1, 0.15) is 30.5 Å². The highest BCUT2D eigenvalue weighted by atomic mass is 127. The van der Waals surface area contributed by atoms with E-state index in [1.54, 1.807) is 27.9 Å². The molecule has 17 unspecified atom stereocenters. The molecule has 0 spiro atoms. The summed E-state index contributed by atoms with van der Waals surface area (Å²) >= 11 is 2.92. The monoisotopic (exact) mass is 946 g/mol. The van der Waals surface area contributed by atoms with E-state index in [9.17, 15) is 25.2 Å². The third-order valence-electron chi connectivity index (χ3n) is 10.8. The van der Waals surface area contributed by atoms with E-state index in [2.05, 4.69) is 10.8 Å². The summed E-state index contributed by atoms with van der Waals surface area (Å²) in [7, 11) is 5.87. The molecule has 57 heavy (non-hydrogen) atoms. The number of carbonyl (C=O) groups is 1. The number of benzene rings is 1. The van der Waals surface area contributed by atoms with E-state index in [0.29, 0.717) is 22.2 Å². The first-order chi connectivity index (χ1) is 27.3. The lowest BCUT2D eigenvalue weighted by atomic mass is 9.97. The van der Waals surface area contributed by atoms with Crippen molar-refractivity contribution in [2.24, 2.45) is 0 Å². The number of aliphatic hydroxyl groups is 4. The molecular weight excluding hydrogens is 891 g/mol. The van der Waals surface area contributed by atoms with E-state index in [-0.39, 0.29) is 41.4 Å². The Labute approximate surface area is 348 Å². The van der Waals surface area contributed by atoms with Gasteiger partial charge in [-0.05, 0) is 55.5 Å². The van der Waals surface area contributed by atoms with Gasteiger partial charge < -0.3 is 77.8 Å². The van der Waals surface area contributed by atoms with Crippen LogP contribution in [0.4, 0.5) is 0 Å². The zero-order chi connectivity index (χ0) is 41.3. The number of fused-ring (bicyclic) bond motifs is 1. The Hall–Kier alpha value is -1.23. The fourth-order valence-electron chi connectivity index (χ4n) is 7.67. The summed E-state index contributed by atoms with van der Waals surface area (Å²) in [6, 6.07) is -0.895. The molecule has 5 heterocycles. The van der Waals surface area contributed by atoms with Crippen molar-refractivity contribution in [3.8, 4) is 17.2 Å². The van der Waals surface area contributed by atoms with Gasteiger partial charge >= 0.3 is 0 Å². The lowest BCUT2D eigenvalue weighted by molar-refractivity contribution is -0.325. The second kappa shape index (κ2) is 19.6. The second-order valence-electron chi connectivity index (χ2n) is 14.5. The zero-order valence-electron chi connectivity index (χ0n) is 33.0. The smallest absolute Gasteiger partial charge is 0.231 e. The van der Waals surface area contributed by atoms with Crippen LogP contribution in [0.5, 0.6) is 17.2 Å². The summed E-state index contributed by atoms with van der Waals surface area (Å²) < 4.78 is 63.9. The number of halogens is 1. The summed E-state index contributed by atoms with van der Waals surface area (Å²) in [6.07, 6.45) is -11.9. The van der Waals surface area contributed by atoms with Crippen LogP contribution in [-0.4, -0.2) is 171 Å². The average Bonchev–Trinajstić information content (AvgIpc) is 3.96. The van der Waals surface area contributed by atoms with Gasteiger partial charge in [0.2, 0.25) is 17.2 Å². The number of aliphatic hydroxyl groups excluding tert-OH is 4. The molecule has 1 aromatic carbocycles. The molecule has 0 saturated carbocycles. The minimum atomic E-state index is -1.44. The molecule has 6 N–H and O–H groups in total. The Morgan fingerprint density at radius 1 is 0.895 bits per heavy atom. The van der Waals surface area contributed by atoms with Gasteiger partial charge in [0, 0.05) is 27.1 Å².